The van der Waals surface area contributed by atoms with E-state index in [-0.39, 0.29) is 34.2 Å². The van der Waals surface area contributed by atoms with Crippen LogP contribution in [0.5, 0.6) is 0 Å². The van der Waals surface area contributed by atoms with Gasteiger partial charge in [0.05, 0.1) is 12.3 Å². The lowest BCUT2D eigenvalue weighted by atomic mass is 9.95. The summed E-state index contributed by atoms with van der Waals surface area (Å²) in [5.74, 6) is -2.69. The van der Waals surface area contributed by atoms with Crippen molar-refractivity contribution in [2.75, 3.05) is 28.5 Å². The third kappa shape index (κ3) is 8.35. The van der Waals surface area contributed by atoms with Gasteiger partial charge in [0.2, 0.25) is 15.0 Å². The van der Waals surface area contributed by atoms with Crippen LogP contribution in [0.3, 0.4) is 0 Å². The van der Waals surface area contributed by atoms with Crippen LogP contribution in [-0.4, -0.2) is 55.7 Å². The summed E-state index contributed by atoms with van der Waals surface area (Å²) >= 11 is 0.825. The summed E-state index contributed by atoms with van der Waals surface area (Å²) in [5.41, 5.74) is 1.54. The molecule has 0 bridgehead atoms. The van der Waals surface area contributed by atoms with Crippen LogP contribution in [0.1, 0.15) is 68.2 Å². The number of anilines is 2. The second-order valence-corrected chi connectivity index (χ2v) is 11.7. The monoisotopic (exact) mass is 576 g/mol. The van der Waals surface area contributed by atoms with Crippen LogP contribution in [0.4, 0.5) is 35.4 Å². The Labute approximate surface area is 223 Å². The average molecular weight is 577 g/mol. The van der Waals surface area contributed by atoms with E-state index in [9.17, 15) is 26.4 Å². The third-order valence-corrected chi connectivity index (χ3v) is 7.79. The zero-order chi connectivity index (χ0) is 27.9. The van der Waals surface area contributed by atoms with Crippen molar-refractivity contribution in [1.82, 2.24) is 10.2 Å². The zero-order valence-corrected chi connectivity index (χ0v) is 23.0. The van der Waals surface area contributed by atoms with Crippen LogP contribution in [0.15, 0.2) is 22.4 Å². The van der Waals surface area contributed by atoms with E-state index in [0.29, 0.717) is 12.8 Å². The van der Waals surface area contributed by atoms with Crippen LogP contribution in [0.25, 0.3) is 0 Å². The van der Waals surface area contributed by atoms with Gasteiger partial charge in [0.25, 0.3) is 5.13 Å². The Morgan fingerprint density at radius 1 is 1.21 bits per heavy atom. The van der Waals surface area contributed by atoms with Crippen molar-refractivity contribution in [1.29, 1.82) is 0 Å². The summed E-state index contributed by atoms with van der Waals surface area (Å²) in [4.78, 5) is 14.1. The minimum Gasteiger partial charge on any atom is -0.460 e. The van der Waals surface area contributed by atoms with Gasteiger partial charge in [0, 0.05) is 18.3 Å². The molecule has 0 aliphatic carbocycles. The second-order valence-electron chi connectivity index (χ2n) is 8.99. The number of nitrogens with one attached hydrogen (secondary N) is 1. The highest BCUT2D eigenvalue weighted by Gasteiger charge is 2.36. The highest BCUT2D eigenvalue weighted by atomic mass is 32.2. The Morgan fingerprint density at radius 3 is 2.66 bits per heavy atom. The Kier molecular flexibility index (Phi) is 10.0. The molecule has 2 heterocycles. The summed E-state index contributed by atoms with van der Waals surface area (Å²) < 4.78 is 70.5. The van der Waals surface area contributed by atoms with Crippen molar-refractivity contribution in [3.05, 3.63) is 22.7 Å². The second kappa shape index (κ2) is 12.8. The number of aryl methyl sites for hydroxylation is 1. The molecule has 1 atom stereocenters. The standard InChI is InChI=1S/C23H31F3N6O4S2/c1-4-6-7-10-32-15(3)8-9-16-12-17(18(13-19(16)32)31-38(34,35)14-23(24,25)26)27-29-22-30-28-20(37-22)21(33)36-11-5-2/h12-13,15,31H,4-11,14H2,1-3H3. The number of ether oxygens (including phenoxy) is 1. The lowest BCUT2D eigenvalue weighted by Crippen LogP contribution is -2.38. The number of halogens is 3. The first-order chi connectivity index (χ1) is 17.9. The Balaban J connectivity index is 1.97. The SMILES string of the molecule is CCCCCN1c2cc(NS(=O)(=O)CC(F)(F)F)c(N=Nc3nnc(C(=O)OCCC)s3)cc2CCC1C. The van der Waals surface area contributed by atoms with Gasteiger partial charge in [-0.25, -0.2) is 13.2 Å². The number of sulfonamides is 1. The summed E-state index contributed by atoms with van der Waals surface area (Å²) in [5, 5.41) is 15.5. The summed E-state index contributed by atoms with van der Waals surface area (Å²) in [6.07, 6.45) is 0.234. The van der Waals surface area contributed by atoms with E-state index < -0.39 is 27.9 Å². The molecule has 0 amide bonds. The number of carbonyl (C=O) groups excluding carboxylic acids is 1. The van der Waals surface area contributed by atoms with Crippen LogP contribution >= 0.6 is 11.3 Å². The molecule has 3 rings (SSSR count). The van der Waals surface area contributed by atoms with E-state index >= 15 is 0 Å². The van der Waals surface area contributed by atoms with Crippen molar-refractivity contribution in [2.24, 2.45) is 10.2 Å². The largest absolute Gasteiger partial charge is 0.460 e. The topological polar surface area (TPSA) is 126 Å². The number of alkyl halides is 3. The summed E-state index contributed by atoms with van der Waals surface area (Å²) in [7, 11) is -4.77. The van der Waals surface area contributed by atoms with Crippen molar-refractivity contribution in [3.63, 3.8) is 0 Å². The van der Waals surface area contributed by atoms with Gasteiger partial charge < -0.3 is 9.64 Å². The maximum absolute atomic E-state index is 12.9. The molecule has 1 unspecified atom stereocenters. The molecule has 15 heteroatoms. The smallest absolute Gasteiger partial charge is 0.404 e. The molecule has 10 nitrogen and oxygen atoms in total. The molecule has 0 fully saturated rings. The Morgan fingerprint density at radius 2 is 1.97 bits per heavy atom. The number of esters is 1. The number of nitrogens with zero attached hydrogens (tertiary/aromatic N) is 5. The van der Waals surface area contributed by atoms with E-state index in [4.69, 9.17) is 4.74 Å². The molecule has 0 saturated heterocycles. The number of benzene rings is 1. The van der Waals surface area contributed by atoms with E-state index in [1.807, 2.05) is 11.6 Å². The van der Waals surface area contributed by atoms with Crippen molar-refractivity contribution < 1.29 is 31.1 Å². The van der Waals surface area contributed by atoms with Gasteiger partial charge in [-0.1, -0.05) is 38.0 Å². The number of hydrogen-bond donors (Lipinski definition) is 1. The van der Waals surface area contributed by atoms with E-state index in [1.54, 1.807) is 6.07 Å². The molecule has 0 spiro atoms. The lowest BCUT2D eigenvalue weighted by molar-refractivity contribution is -0.106. The Bertz CT molecular complexity index is 1250. The molecule has 1 aromatic carbocycles. The quantitative estimate of drug-likeness (QED) is 0.182. The normalized spacial score (nSPS) is 16.1. The van der Waals surface area contributed by atoms with Crippen molar-refractivity contribution in [3.8, 4) is 0 Å². The highest BCUT2D eigenvalue weighted by molar-refractivity contribution is 7.92. The van der Waals surface area contributed by atoms with Crippen molar-refractivity contribution in [2.45, 2.75) is 71.5 Å². The predicted octanol–water partition coefficient (Wildman–Crippen LogP) is 6.16. The van der Waals surface area contributed by atoms with Crippen LogP contribution in [-0.2, 0) is 21.2 Å². The van der Waals surface area contributed by atoms with Crippen LogP contribution in [0, 0.1) is 0 Å². The average Bonchev–Trinajstić information content (AvgIpc) is 3.30. The molecule has 0 saturated carbocycles. The molecule has 1 N–H and O–H groups in total. The fourth-order valence-electron chi connectivity index (χ4n) is 3.99. The van der Waals surface area contributed by atoms with E-state index in [2.05, 4.69) is 39.2 Å². The molecule has 38 heavy (non-hydrogen) atoms. The van der Waals surface area contributed by atoms with Crippen molar-refractivity contribution >= 4 is 49.5 Å². The Hall–Kier alpha value is -2.81. The fourth-order valence-corrected chi connectivity index (χ4v) is 5.56. The number of aromatic nitrogens is 2. The number of fused-ring (bicyclic) bond motifs is 1. The minimum absolute atomic E-state index is 0.00471. The fraction of sp³-hybridized carbons (Fsp3) is 0.609. The molecule has 1 aromatic heterocycles. The van der Waals surface area contributed by atoms with Crippen LogP contribution < -0.4 is 9.62 Å². The number of azo groups is 1. The number of unbranched alkanes of at least 4 members (excludes halogenated alkanes) is 2. The maximum Gasteiger partial charge on any atom is 0.404 e. The van der Waals surface area contributed by atoms with E-state index in [0.717, 1.165) is 54.8 Å². The molecule has 1 aliphatic rings. The summed E-state index contributed by atoms with van der Waals surface area (Å²) in [6.45, 7) is 6.96. The van der Waals surface area contributed by atoms with Gasteiger partial charge in [0.1, 0.15) is 5.69 Å². The van der Waals surface area contributed by atoms with Gasteiger partial charge in [-0.2, -0.15) is 13.2 Å². The first-order valence-corrected chi connectivity index (χ1v) is 14.8. The third-order valence-electron chi connectivity index (χ3n) is 5.76. The molecular weight excluding hydrogens is 545 g/mol. The zero-order valence-electron chi connectivity index (χ0n) is 21.4. The molecule has 2 aromatic rings. The van der Waals surface area contributed by atoms with Crippen LogP contribution in [0.2, 0.25) is 0 Å². The molecular formula is C23H31F3N6O4S2. The van der Waals surface area contributed by atoms with Gasteiger partial charge in [-0.3, -0.25) is 4.72 Å². The maximum atomic E-state index is 12.9. The number of carbonyl (C=O) groups is 1. The van der Waals surface area contributed by atoms with E-state index in [1.165, 1.54) is 6.07 Å². The summed E-state index contributed by atoms with van der Waals surface area (Å²) in [6, 6.07) is 3.33. The van der Waals surface area contributed by atoms with Gasteiger partial charge >= 0.3 is 12.1 Å². The predicted molar refractivity (Wildman–Crippen MR) is 139 cm³/mol. The first-order valence-electron chi connectivity index (χ1n) is 12.4. The van der Waals surface area contributed by atoms with Gasteiger partial charge in [-0.05, 0) is 50.3 Å². The number of hydrogen-bond acceptors (Lipinski definition) is 10. The molecule has 0 radical (unpaired) electrons. The highest BCUT2D eigenvalue weighted by Crippen LogP contribution is 2.40. The van der Waals surface area contributed by atoms with Gasteiger partial charge in [-0.15, -0.1) is 20.4 Å². The molecule has 210 valence electrons. The lowest BCUT2D eigenvalue weighted by Gasteiger charge is -2.37. The first kappa shape index (κ1) is 29.7. The number of rotatable bonds is 12. The molecule has 1 aliphatic heterocycles. The minimum atomic E-state index is -4.92. The van der Waals surface area contributed by atoms with Gasteiger partial charge in [0.15, 0.2) is 5.75 Å².